The molecular formula is C15H14ClNO2. The van der Waals surface area contributed by atoms with Crippen LogP contribution in [0.25, 0.3) is 0 Å². The van der Waals surface area contributed by atoms with Gasteiger partial charge in [-0.2, -0.15) is 0 Å². The molecule has 0 saturated heterocycles. The highest BCUT2D eigenvalue weighted by Gasteiger charge is 2.23. The van der Waals surface area contributed by atoms with Gasteiger partial charge in [0.1, 0.15) is 17.6 Å². The fraction of sp³-hybridized carbons (Fsp3) is 0.200. The van der Waals surface area contributed by atoms with Crippen molar-refractivity contribution in [3.63, 3.8) is 0 Å². The molecule has 0 saturated carbocycles. The lowest BCUT2D eigenvalue weighted by molar-refractivity contribution is 0.108. The number of carbonyl (C=O) groups excluding carboxylic acids is 1. The maximum absolute atomic E-state index is 10.7. The van der Waals surface area contributed by atoms with Crippen LogP contribution in [-0.2, 0) is 5.60 Å². The van der Waals surface area contributed by atoms with Crippen LogP contribution in [0, 0.1) is 0 Å². The normalized spacial score (nSPS) is 11.1. The van der Waals surface area contributed by atoms with Crippen molar-refractivity contribution in [1.29, 1.82) is 0 Å². The Bertz CT molecular complexity index is 582. The third-order valence-electron chi connectivity index (χ3n) is 2.83. The van der Waals surface area contributed by atoms with Gasteiger partial charge in [-0.3, -0.25) is 9.78 Å². The van der Waals surface area contributed by atoms with Crippen molar-refractivity contribution in [3.8, 4) is 5.75 Å². The smallest absolute Gasteiger partial charge is 0.150 e. The van der Waals surface area contributed by atoms with Crippen LogP contribution in [-0.4, -0.2) is 11.3 Å². The molecular weight excluding hydrogens is 262 g/mol. The van der Waals surface area contributed by atoms with E-state index in [-0.39, 0.29) is 0 Å². The van der Waals surface area contributed by atoms with Gasteiger partial charge in [0.05, 0.1) is 5.02 Å². The van der Waals surface area contributed by atoms with E-state index < -0.39 is 5.60 Å². The second kappa shape index (κ2) is 5.41. The molecule has 0 amide bonds. The average Bonchev–Trinajstić information content (AvgIpc) is 2.42. The van der Waals surface area contributed by atoms with Crippen LogP contribution in [0.2, 0.25) is 5.02 Å². The second-order valence-corrected chi connectivity index (χ2v) is 5.06. The lowest BCUT2D eigenvalue weighted by atomic mass is 9.99. The van der Waals surface area contributed by atoms with E-state index in [0.29, 0.717) is 16.3 Å². The summed E-state index contributed by atoms with van der Waals surface area (Å²) < 4.78 is 5.94. The largest absolute Gasteiger partial charge is 0.482 e. The number of pyridine rings is 1. The van der Waals surface area contributed by atoms with E-state index in [0.717, 1.165) is 11.8 Å². The summed E-state index contributed by atoms with van der Waals surface area (Å²) in [4.78, 5) is 14.7. The van der Waals surface area contributed by atoms with Gasteiger partial charge >= 0.3 is 0 Å². The van der Waals surface area contributed by atoms with Crippen LogP contribution in [0.15, 0.2) is 42.7 Å². The van der Waals surface area contributed by atoms with Gasteiger partial charge in [0, 0.05) is 18.0 Å². The fourth-order valence-corrected chi connectivity index (χ4v) is 1.99. The minimum atomic E-state index is -0.532. The van der Waals surface area contributed by atoms with E-state index >= 15 is 0 Å². The zero-order chi connectivity index (χ0) is 13.9. The van der Waals surface area contributed by atoms with Crippen molar-refractivity contribution >= 4 is 17.9 Å². The third kappa shape index (κ3) is 3.12. The quantitative estimate of drug-likeness (QED) is 0.796. The topological polar surface area (TPSA) is 39.2 Å². The van der Waals surface area contributed by atoms with Crippen LogP contribution in [0.3, 0.4) is 0 Å². The molecule has 0 atom stereocenters. The minimum Gasteiger partial charge on any atom is -0.482 e. The number of hydrogen-bond acceptors (Lipinski definition) is 3. The number of hydrogen-bond donors (Lipinski definition) is 0. The molecule has 0 spiro atoms. The van der Waals surface area contributed by atoms with E-state index in [1.807, 2.05) is 26.0 Å². The van der Waals surface area contributed by atoms with Gasteiger partial charge in [0.15, 0.2) is 0 Å². The van der Waals surface area contributed by atoms with E-state index in [1.54, 1.807) is 30.6 Å². The molecule has 1 aromatic heterocycles. The SMILES string of the molecule is CC(C)(Oc1ccc(C=O)cc1Cl)c1ccncc1. The number of rotatable bonds is 4. The molecule has 0 aliphatic rings. The monoisotopic (exact) mass is 275 g/mol. The highest BCUT2D eigenvalue weighted by molar-refractivity contribution is 6.32. The van der Waals surface area contributed by atoms with Gasteiger partial charge in [-0.25, -0.2) is 0 Å². The Morgan fingerprint density at radius 2 is 1.89 bits per heavy atom. The molecule has 98 valence electrons. The van der Waals surface area contributed by atoms with Crippen molar-refractivity contribution in [2.45, 2.75) is 19.4 Å². The average molecular weight is 276 g/mol. The Morgan fingerprint density at radius 3 is 2.47 bits per heavy atom. The Labute approximate surface area is 117 Å². The van der Waals surface area contributed by atoms with Crippen LogP contribution in [0.1, 0.15) is 29.8 Å². The van der Waals surface area contributed by atoms with Gasteiger partial charge in [-0.15, -0.1) is 0 Å². The van der Waals surface area contributed by atoms with Gasteiger partial charge in [-0.05, 0) is 49.7 Å². The summed E-state index contributed by atoms with van der Waals surface area (Å²) in [5.41, 5.74) is 0.993. The molecule has 0 unspecified atom stereocenters. The zero-order valence-corrected chi connectivity index (χ0v) is 11.5. The Kier molecular flexibility index (Phi) is 3.86. The molecule has 1 heterocycles. The fourth-order valence-electron chi connectivity index (χ4n) is 1.76. The van der Waals surface area contributed by atoms with E-state index in [1.165, 1.54) is 0 Å². The standard InChI is InChI=1S/C15H14ClNO2/c1-15(2,12-5-7-17-8-6-12)19-14-4-3-11(10-18)9-13(14)16/h3-10H,1-2H3. The number of aromatic nitrogens is 1. The molecule has 0 fully saturated rings. The number of benzene rings is 1. The molecule has 0 aliphatic carbocycles. The number of aldehydes is 1. The van der Waals surface area contributed by atoms with Crippen LogP contribution in [0.4, 0.5) is 0 Å². The molecule has 3 nitrogen and oxygen atoms in total. The summed E-state index contributed by atoms with van der Waals surface area (Å²) >= 11 is 6.11. The van der Waals surface area contributed by atoms with Gasteiger partial charge in [-0.1, -0.05) is 11.6 Å². The highest BCUT2D eigenvalue weighted by Crippen LogP contribution is 2.32. The molecule has 2 rings (SSSR count). The van der Waals surface area contributed by atoms with E-state index in [4.69, 9.17) is 16.3 Å². The Hall–Kier alpha value is -1.87. The summed E-state index contributed by atoms with van der Waals surface area (Å²) in [5, 5.41) is 0.423. The first-order valence-corrected chi connectivity index (χ1v) is 6.25. The van der Waals surface area contributed by atoms with E-state index in [2.05, 4.69) is 4.98 Å². The van der Waals surface area contributed by atoms with Crippen molar-refractivity contribution in [2.24, 2.45) is 0 Å². The summed E-state index contributed by atoms with van der Waals surface area (Å²) in [6.45, 7) is 3.90. The first-order chi connectivity index (χ1) is 9.03. The van der Waals surface area contributed by atoms with Crippen molar-refractivity contribution < 1.29 is 9.53 Å². The molecule has 0 N–H and O–H groups in total. The van der Waals surface area contributed by atoms with Crippen LogP contribution >= 0.6 is 11.6 Å². The van der Waals surface area contributed by atoms with Gasteiger partial charge < -0.3 is 4.74 Å². The van der Waals surface area contributed by atoms with Crippen molar-refractivity contribution in [3.05, 3.63) is 58.9 Å². The summed E-state index contributed by atoms with van der Waals surface area (Å²) in [6.07, 6.45) is 4.19. The molecule has 19 heavy (non-hydrogen) atoms. The molecule has 0 bridgehead atoms. The van der Waals surface area contributed by atoms with Crippen molar-refractivity contribution in [1.82, 2.24) is 4.98 Å². The van der Waals surface area contributed by atoms with E-state index in [9.17, 15) is 4.79 Å². The highest BCUT2D eigenvalue weighted by atomic mass is 35.5. The summed E-state index contributed by atoms with van der Waals surface area (Å²) in [7, 11) is 0. The number of ether oxygens (including phenoxy) is 1. The number of halogens is 1. The molecule has 2 aromatic rings. The molecule has 4 heteroatoms. The Morgan fingerprint density at radius 1 is 1.21 bits per heavy atom. The summed E-state index contributed by atoms with van der Waals surface area (Å²) in [6, 6.07) is 8.76. The predicted molar refractivity (Wildman–Crippen MR) is 74.7 cm³/mol. The summed E-state index contributed by atoms with van der Waals surface area (Å²) in [5.74, 6) is 0.550. The third-order valence-corrected chi connectivity index (χ3v) is 3.13. The lowest BCUT2D eigenvalue weighted by Crippen LogP contribution is -2.25. The first kappa shape index (κ1) is 13.6. The Balaban J connectivity index is 2.28. The predicted octanol–water partition coefficient (Wildman–Crippen LogP) is 3.86. The van der Waals surface area contributed by atoms with Crippen molar-refractivity contribution in [2.75, 3.05) is 0 Å². The zero-order valence-electron chi connectivity index (χ0n) is 10.8. The lowest BCUT2D eigenvalue weighted by Gasteiger charge is -2.27. The molecule has 0 radical (unpaired) electrons. The van der Waals surface area contributed by atoms with Gasteiger partial charge in [0.2, 0.25) is 0 Å². The minimum absolute atomic E-state index is 0.423. The van der Waals surface area contributed by atoms with Crippen LogP contribution in [0.5, 0.6) is 5.75 Å². The number of nitrogens with zero attached hydrogens (tertiary/aromatic N) is 1. The molecule has 0 aliphatic heterocycles. The van der Waals surface area contributed by atoms with Crippen LogP contribution < -0.4 is 4.74 Å². The second-order valence-electron chi connectivity index (χ2n) is 4.66. The molecule has 1 aromatic carbocycles. The maximum Gasteiger partial charge on any atom is 0.150 e. The first-order valence-electron chi connectivity index (χ1n) is 5.87. The maximum atomic E-state index is 10.7. The van der Waals surface area contributed by atoms with Gasteiger partial charge in [0.25, 0.3) is 0 Å². The number of carbonyl (C=O) groups is 1.